The van der Waals surface area contributed by atoms with Crippen LogP contribution in [0.1, 0.15) is 136 Å². The summed E-state index contributed by atoms with van der Waals surface area (Å²) in [6.45, 7) is 4.54. The smallest absolute Gasteiger partial charge is 0.00388 e. The van der Waals surface area contributed by atoms with E-state index in [0.29, 0.717) is 6.04 Å². The van der Waals surface area contributed by atoms with Gasteiger partial charge in [-0.1, -0.05) is 115 Å². The molecular formula is C26H51N. The molecule has 0 saturated heterocycles. The van der Waals surface area contributed by atoms with Crippen LogP contribution in [0.5, 0.6) is 0 Å². The van der Waals surface area contributed by atoms with Crippen molar-refractivity contribution in [2.24, 2.45) is 5.73 Å². The monoisotopic (exact) mass is 377 g/mol. The SMILES string of the molecule is CCCCC/C=C/C/C=C/CCCCCCCC(N)CCCCCCCC. The number of hydrogen-bond acceptors (Lipinski definition) is 1. The van der Waals surface area contributed by atoms with E-state index in [1.807, 2.05) is 0 Å². The van der Waals surface area contributed by atoms with E-state index in [-0.39, 0.29) is 0 Å². The van der Waals surface area contributed by atoms with Crippen LogP contribution in [0.2, 0.25) is 0 Å². The molecule has 0 saturated carbocycles. The molecule has 0 aromatic rings. The zero-order valence-corrected chi connectivity index (χ0v) is 18.9. The molecule has 0 amide bonds. The molecule has 27 heavy (non-hydrogen) atoms. The molecule has 0 radical (unpaired) electrons. The maximum atomic E-state index is 6.25. The highest BCUT2D eigenvalue weighted by Gasteiger charge is 2.02. The molecule has 1 atom stereocenters. The van der Waals surface area contributed by atoms with Gasteiger partial charge in [-0.15, -0.1) is 0 Å². The van der Waals surface area contributed by atoms with Crippen LogP contribution in [0, 0.1) is 0 Å². The Labute approximate surface area is 172 Å². The van der Waals surface area contributed by atoms with Gasteiger partial charge >= 0.3 is 0 Å². The predicted molar refractivity (Wildman–Crippen MR) is 125 cm³/mol. The lowest BCUT2D eigenvalue weighted by Gasteiger charge is -2.11. The van der Waals surface area contributed by atoms with Crippen LogP contribution >= 0.6 is 0 Å². The van der Waals surface area contributed by atoms with E-state index < -0.39 is 0 Å². The molecule has 160 valence electrons. The normalized spacial score (nSPS) is 13.1. The zero-order chi connectivity index (χ0) is 19.8. The number of nitrogens with two attached hydrogens (primary N) is 1. The van der Waals surface area contributed by atoms with Gasteiger partial charge in [-0.3, -0.25) is 0 Å². The number of allylic oxidation sites excluding steroid dienone is 4. The van der Waals surface area contributed by atoms with E-state index in [1.165, 1.54) is 116 Å². The highest BCUT2D eigenvalue weighted by Crippen LogP contribution is 2.13. The van der Waals surface area contributed by atoms with Gasteiger partial charge in [0, 0.05) is 6.04 Å². The van der Waals surface area contributed by atoms with E-state index >= 15 is 0 Å². The molecule has 0 spiro atoms. The summed E-state index contributed by atoms with van der Waals surface area (Å²) in [7, 11) is 0. The first-order valence-corrected chi connectivity index (χ1v) is 12.4. The molecule has 0 rings (SSSR count). The number of rotatable bonds is 21. The Hall–Kier alpha value is -0.560. The third kappa shape index (κ3) is 23.4. The minimum Gasteiger partial charge on any atom is -0.328 e. The summed E-state index contributed by atoms with van der Waals surface area (Å²) in [4.78, 5) is 0. The van der Waals surface area contributed by atoms with Crippen molar-refractivity contribution in [1.82, 2.24) is 0 Å². The van der Waals surface area contributed by atoms with E-state index in [9.17, 15) is 0 Å². The van der Waals surface area contributed by atoms with E-state index in [4.69, 9.17) is 5.73 Å². The molecule has 0 aliphatic heterocycles. The van der Waals surface area contributed by atoms with Crippen molar-refractivity contribution in [3.63, 3.8) is 0 Å². The van der Waals surface area contributed by atoms with Gasteiger partial charge in [0.2, 0.25) is 0 Å². The molecule has 1 unspecified atom stereocenters. The third-order valence-corrected chi connectivity index (χ3v) is 5.45. The lowest BCUT2D eigenvalue weighted by atomic mass is 10.0. The Morgan fingerprint density at radius 3 is 1.48 bits per heavy atom. The van der Waals surface area contributed by atoms with Crippen LogP contribution in [0.4, 0.5) is 0 Å². The Kier molecular flexibility index (Phi) is 23.0. The van der Waals surface area contributed by atoms with Gasteiger partial charge in [0.05, 0.1) is 0 Å². The van der Waals surface area contributed by atoms with Gasteiger partial charge in [-0.25, -0.2) is 0 Å². The zero-order valence-electron chi connectivity index (χ0n) is 18.9. The van der Waals surface area contributed by atoms with Crippen molar-refractivity contribution >= 4 is 0 Å². The topological polar surface area (TPSA) is 26.0 Å². The second-order valence-corrected chi connectivity index (χ2v) is 8.34. The third-order valence-electron chi connectivity index (χ3n) is 5.45. The predicted octanol–water partition coefficient (Wildman–Crippen LogP) is 8.88. The largest absolute Gasteiger partial charge is 0.328 e. The quantitative estimate of drug-likeness (QED) is 0.157. The highest BCUT2D eigenvalue weighted by molar-refractivity contribution is 4.92. The van der Waals surface area contributed by atoms with Crippen LogP contribution in [-0.4, -0.2) is 6.04 Å². The molecule has 0 bridgehead atoms. The van der Waals surface area contributed by atoms with Crippen LogP contribution in [0.15, 0.2) is 24.3 Å². The summed E-state index contributed by atoms with van der Waals surface area (Å²) in [6, 6.07) is 0.453. The molecule has 0 aromatic carbocycles. The Bertz CT molecular complexity index is 318. The van der Waals surface area contributed by atoms with Crippen molar-refractivity contribution in [2.75, 3.05) is 0 Å². The molecule has 2 N–H and O–H groups in total. The summed E-state index contributed by atoms with van der Waals surface area (Å²) in [5.74, 6) is 0. The van der Waals surface area contributed by atoms with Crippen LogP contribution < -0.4 is 5.73 Å². The van der Waals surface area contributed by atoms with Gasteiger partial charge in [0.15, 0.2) is 0 Å². The minimum absolute atomic E-state index is 0.453. The fourth-order valence-electron chi connectivity index (χ4n) is 3.55. The molecule has 1 heteroatoms. The number of hydrogen-bond donors (Lipinski definition) is 1. The van der Waals surface area contributed by atoms with Crippen LogP contribution in [0.3, 0.4) is 0 Å². The minimum atomic E-state index is 0.453. The van der Waals surface area contributed by atoms with Gasteiger partial charge in [-0.2, -0.15) is 0 Å². The van der Waals surface area contributed by atoms with Crippen molar-refractivity contribution in [2.45, 2.75) is 142 Å². The van der Waals surface area contributed by atoms with Gasteiger partial charge in [-0.05, 0) is 44.9 Å². The summed E-state index contributed by atoms with van der Waals surface area (Å²) in [5.41, 5.74) is 6.25. The maximum absolute atomic E-state index is 6.25. The first-order chi connectivity index (χ1) is 13.3. The second kappa shape index (κ2) is 23.5. The van der Waals surface area contributed by atoms with E-state index in [0.717, 1.165) is 6.42 Å². The molecule has 0 aliphatic carbocycles. The van der Waals surface area contributed by atoms with Crippen molar-refractivity contribution in [3.8, 4) is 0 Å². The Morgan fingerprint density at radius 2 is 0.926 bits per heavy atom. The lowest BCUT2D eigenvalue weighted by Crippen LogP contribution is -2.19. The van der Waals surface area contributed by atoms with Gasteiger partial charge in [0.1, 0.15) is 0 Å². The standard InChI is InChI=1S/C26H51N/c1-3-5-7-9-11-12-13-14-15-16-17-18-19-21-23-25-26(27)24-22-20-10-8-6-4-2/h11-12,14-15,26H,3-10,13,16-25,27H2,1-2H3/b12-11+,15-14+. The second-order valence-electron chi connectivity index (χ2n) is 8.34. The fraction of sp³-hybridized carbons (Fsp3) is 0.846. The Balaban J connectivity index is 3.24. The van der Waals surface area contributed by atoms with Crippen molar-refractivity contribution in [1.29, 1.82) is 0 Å². The fourth-order valence-corrected chi connectivity index (χ4v) is 3.55. The Morgan fingerprint density at radius 1 is 0.519 bits per heavy atom. The van der Waals surface area contributed by atoms with Crippen molar-refractivity contribution in [3.05, 3.63) is 24.3 Å². The summed E-state index contributed by atoms with van der Waals surface area (Å²) < 4.78 is 0. The van der Waals surface area contributed by atoms with Crippen molar-refractivity contribution < 1.29 is 0 Å². The molecule has 0 fully saturated rings. The molecular weight excluding hydrogens is 326 g/mol. The highest BCUT2D eigenvalue weighted by atomic mass is 14.6. The maximum Gasteiger partial charge on any atom is 0.00388 e. The first-order valence-electron chi connectivity index (χ1n) is 12.4. The molecule has 0 aliphatic rings. The van der Waals surface area contributed by atoms with E-state index in [1.54, 1.807) is 0 Å². The van der Waals surface area contributed by atoms with E-state index in [2.05, 4.69) is 38.2 Å². The average molecular weight is 378 g/mol. The lowest BCUT2D eigenvalue weighted by molar-refractivity contribution is 0.484. The van der Waals surface area contributed by atoms with Gasteiger partial charge in [0.25, 0.3) is 0 Å². The first kappa shape index (κ1) is 26.4. The molecule has 0 heterocycles. The molecule has 0 aromatic heterocycles. The van der Waals surface area contributed by atoms with Gasteiger partial charge < -0.3 is 5.73 Å². The summed E-state index contributed by atoms with van der Waals surface area (Å²) in [6.07, 6.45) is 34.6. The van der Waals surface area contributed by atoms with Crippen LogP contribution in [-0.2, 0) is 0 Å². The van der Waals surface area contributed by atoms with Crippen LogP contribution in [0.25, 0.3) is 0 Å². The summed E-state index contributed by atoms with van der Waals surface area (Å²) >= 11 is 0. The molecule has 1 nitrogen and oxygen atoms in total. The number of unbranched alkanes of at least 4 members (excludes halogenated alkanes) is 13. The summed E-state index contributed by atoms with van der Waals surface area (Å²) in [5, 5.41) is 0. The average Bonchev–Trinajstić information content (AvgIpc) is 2.67.